The van der Waals surface area contributed by atoms with Crippen molar-refractivity contribution in [3.8, 4) is 0 Å². The monoisotopic (exact) mass is 251 g/mol. The Morgan fingerprint density at radius 1 is 1.00 bits per heavy atom. The SMILES string of the molecule is Cc1ccc(C(=O)C=CNc2ccccc2C)cc1. The van der Waals surface area contributed by atoms with Crippen molar-refractivity contribution in [1.29, 1.82) is 0 Å². The Balaban J connectivity index is 2.01. The van der Waals surface area contributed by atoms with Crippen LogP contribution < -0.4 is 5.32 Å². The van der Waals surface area contributed by atoms with Crippen LogP contribution in [0.1, 0.15) is 21.5 Å². The normalized spacial score (nSPS) is 10.6. The zero-order chi connectivity index (χ0) is 13.7. The van der Waals surface area contributed by atoms with E-state index in [-0.39, 0.29) is 5.78 Å². The van der Waals surface area contributed by atoms with Crippen LogP contribution in [0.2, 0.25) is 0 Å². The van der Waals surface area contributed by atoms with Crippen LogP contribution in [0, 0.1) is 13.8 Å². The maximum absolute atomic E-state index is 11.9. The van der Waals surface area contributed by atoms with Crippen LogP contribution in [-0.2, 0) is 0 Å². The third-order valence-corrected chi connectivity index (χ3v) is 2.95. The molecule has 0 spiro atoms. The number of benzene rings is 2. The summed E-state index contributed by atoms with van der Waals surface area (Å²) >= 11 is 0. The number of rotatable bonds is 4. The van der Waals surface area contributed by atoms with Gasteiger partial charge >= 0.3 is 0 Å². The molecule has 0 saturated carbocycles. The van der Waals surface area contributed by atoms with E-state index in [2.05, 4.69) is 5.32 Å². The van der Waals surface area contributed by atoms with Gasteiger partial charge in [-0.15, -0.1) is 0 Å². The van der Waals surface area contributed by atoms with Crippen LogP contribution in [0.15, 0.2) is 60.8 Å². The molecule has 0 amide bonds. The van der Waals surface area contributed by atoms with Crippen molar-refractivity contribution in [1.82, 2.24) is 0 Å². The van der Waals surface area contributed by atoms with E-state index in [1.165, 1.54) is 0 Å². The highest BCUT2D eigenvalue weighted by atomic mass is 16.1. The summed E-state index contributed by atoms with van der Waals surface area (Å²) in [5, 5.41) is 3.12. The topological polar surface area (TPSA) is 29.1 Å². The van der Waals surface area contributed by atoms with E-state index in [0.717, 1.165) is 16.8 Å². The van der Waals surface area contributed by atoms with Crippen LogP contribution in [0.3, 0.4) is 0 Å². The second kappa shape index (κ2) is 6.01. The molecule has 2 aromatic carbocycles. The quantitative estimate of drug-likeness (QED) is 0.654. The number of allylic oxidation sites excluding steroid dienone is 1. The van der Waals surface area contributed by atoms with Crippen LogP contribution >= 0.6 is 0 Å². The van der Waals surface area contributed by atoms with E-state index in [1.54, 1.807) is 12.3 Å². The van der Waals surface area contributed by atoms with E-state index in [1.807, 2.05) is 62.4 Å². The highest BCUT2D eigenvalue weighted by molar-refractivity contribution is 6.04. The maximum atomic E-state index is 11.9. The molecule has 0 aliphatic heterocycles. The first-order valence-electron chi connectivity index (χ1n) is 6.26. The molecule has 0 atom stereocenters. The first-order valence-corrected chi connectivity index (χ1v) is 6.26. The van der Waals surface area contributed by atoms with Gasteiger partial charge in [-0.3, -0.25) is 4.79 Å². The fourth-order valence-electron chi connectivity index (χ4n) is 1.76. The van der Waals surface area contributed by atoms with E-state index in [9.17, 15) is 4.79 Å². The van der Waals surface area contributed by atoms with E-state index in [0.29, 0.717) is 5.56 Å². The predicted molar refractivity (Wildman–Crippen MR) is 79.5 cm³/mol. The molecule has 0 aliphatic carbocycles. The van der Waals surface area contributed by atoms with Gasteiger partial charge < -0.3 is 5.32 Å². The van der Waals surface area contributed by atoms with Gasteiger partial charge in [0.1, 0.15) is 0 Å². The van der Waals surface area contributed by atoms with Gasteiger partial charge in [0.05, 0.1) is 0 Å². The van der Waals surface area contributed by atoms with Gasteiger partial charge in [-0.05, 0) is 25.5 Å². The van der Waals surface area contributed by atoms with Crippen LogP contribution in [0.5, 0.6) is 0 Å². The predicted octanol–water partition coefficient (Wildman–Crippen LogP) is 4.11. The number of carbonyl (C=O) groups is 1. The molecule has 0 unspecified atom stereocenters. The Morgan fingerprint density at radius 3 is 2.37 bits per heavy atom. The number of ketones is 1. The third kappa shape index (κ3) is 3.55. The molecule has 2 nitrogen and oxygen atoms in total. The summed E-state index contributed by atoms with van der Waals surface area (Å²) in [4.78, 5) is 11.9. The number of aryl methyl sites for hydroxylation is 2. The van der Waals surface area contributed by atoms with Gasteiger partial charge in [0, 0.05) is 23.5 Å². The molecule has 0 aliphatic rings. The molecular formula is C17H17NO. The summed E-state index contributed by atoms with van der Waals surface area (Å²) in [6, 6.07) is 15.5. The molecular weight excluding hydrogens is 234 g/mol. The zero-order valence-corrected chi connectivity index (χ0v) is 11.2. The standard InChI is InChI=1S/C17H17NO/c1-13-7-9-15(10-8-13)17(19)11-12-18-16-6-4-3-5-14(16)2/h3-12,18H,1-2H3. The van der Waals surface area contributed by atoms with Crippen LogP contribution in [0.4, 0.5) is 5.69 Å². The minimum absolute atomic E-state index is 0.00100. The van der Waals surface area contributed by atoms with E-state index in [4.69, 9.17) is 0 Å². The minimum atomic E-state index is 0.00100. The maximum Gasteiger partial charge on any atom is 0.187 e. The summed E-state index contributed by atoms with van der Waals surface area (Å²) in [5.74, 6) is 0.00100. The lowest BCUT2D eigenvalue weighted by molar-refractivity contribution is 0.104. The molecule has 0 aromatic heterocycles. The van der Waals surface area contributed by atoms with Crippen molar-refractivity contribution < 1.29 is 4.79 Å². The van der Waals surface area contributed by atoms with Crippen LogP contribution in [0.25, 0.3) is 0 Å². The molecule has 0 radical (unpaired) electrons. The summed E-state index contributed by atoms with van der Waals surface area (Å²) in [7, 11) is 0. The molecule has 0 saturated heterocycles. The Labute approximate surface area is 113 Å². The first-order chi connectivity index (χ1) is 9.16. The minimum Gasteiger partial charge on any atom is -0.361 e. The highest BCUT2D eigenvalue weighted by Crippen LogP contribution is 2.13. The Kier molecular flexibility index (Phi) is 4.14. The second-order valence-electron chi connectivity index (χ2n) is 4.52. The van der Waals surface area contributed by atoms with Crippen molar-refractivity contribution in [2.75, 3.05) is 5.32 Å². The van der Waals surface area contributed by atoms with Crippen molar-refractivity contribution in [2.45, 2.75) is 13.8 Å². The lowest BCUT2D eigenvalue weighted by Crippen LogP contribution is -1.97. The van der Waals surface area contributed by atoms with Gasteiger partial charge in [-0.2, -0.15) is 0 Å². The number of carbonyl (C=O) groups excluding carboxylic acids is 1. The van der Waals surface area contributed by atoms with E-state index < -0.39 is 0 Å². The second-order valence-corrected chi connectivity index (χ2v) is 4.52. The first kappa shape index (κ1) is 13.1. The molecule has 1 N–H and O–H groups in total. The average molecular weight is 251 g/mol. The Morgan fingerprint density at radius 2 is 1.68 bits per heavy atom. The largest absolute Gasteiger partial charge is 0.361 e. The lowest BCUT2D eigenvalue weighted by Gasteiger charge is -2.04. The van der Waals surface area contributed by atoms with Gasteiger partial charge in [-0.1, -0.05) is 48.0 Å². The summed E-state index contributed by atoms with van der Waals surface area (Å²) in [5.41, 5.74) is 4.01. The van der Waals surface area contributed by atoms with Crippen molar-refractivity contribution in [2.24, 2.45) is 0 Å². The average Bonchev–Trinajstić information content (AvgIpc) is 2.41. The Bertz CT molecular complexity index is 597. The molecule has 2 aromatic rings. The summed E-state index contributed by atoms with van der Waals surface area (Å²) < 4.78 is 0. The molecule has 96 valence electrons. The molecule has 0 fully saturated rings. The molecule has 0 bridgehead atoms. The number of nitrogens with one attached hydrogen (secondary N) is 1. The van der Waals surface area contributed by atoms with Crippen LogP contribution in [-0.4, -0.2) is 5.78 Å². The van der Waals surface area contributed by atoms with Gasteiger partial charge in [0.25, 0.3) is 0 Å². The molecule has 2 heteroatoms. The Hall–Kier alpha value is -2.35. The molecule has 2 rings (SSSR count). The van der Waals surface area contributed by atoms with Gasteiger partial charge in [0.15, 0.2) is 5.78 Å². The van der Waals surface area contributed by atoms with Crippen molar-refractivity contribution >= 4 is 11.5 Å². The van der Waals surface area contributed by atoms with Crippen molar-refractivity contribution in [3.05, 3.63) is 77.5 Å². The zero-order valence-electron chi connectivity index (χ0n) is 11.2. The smallest absolute Gasteiger partial charge is 0.187 e. The van der Waals surface area contributed by atoms with Gasteiger partial charge in [0.2, 0.25) is 0 Å². The number of hydrogen-bond acceptors (Lipinski definition) is 2. The fourth-order valence-corrected chi connectivity index (χ4v) is 1.76. The van der Waals surface area contributed by atoms with Crippen molar-refractivity contribution in [3.63, 3.8) is 0 Å². The summed E-state index contributed by atoms with van der Waals surface area (Å²) in [6.45, 7) is 4.03. The summed E-state index contributed by atoms with van der Waals surface area (Å²) in [6.07, 6.45) is 3.24. The van der Waals surface area contributed by atoms with E-state index >= 15 is 0 Å². The number of hydrogen-bond donors (Lipinski definition) is 1. The fraction of sp³-hybridized carbons (Fsp3) is 0.118. The number of para-hydroxylation sites is 1. The number of anilines is 1. The lowest BCUT2D eigenvalue weighted by atomic mass is 10.1. The molecule has 19 heavy (non-hydrogen) atoms. The third-order valence-electron chi connectivity index (χ3n) is 2.95. The van der Waals surface area contributed by atoms with Gasteiger partial charge in [-0.25, -0.2) is 0 Å². The highest BCUT2D eigenvalue weighted by Gasteiger charge is 2.00. The molecule has 0 heterocycles.